The van der Waals surface area contributed by atoms with E-state index in [9.17, 15) is 17.6 Å². The van der Waals surface area contributed by atoms with E-state index in [0.717, 1.165) is 18.7 Å². The van der Waals surface area contributed by atoms with E-state index in [-0.39, 0.29) is 33.0 Å². The van der Waals surface area contributed by atoms with E-state index in [1.165, 1.54) is 30.3 Å². The molecule has 0 radical (unpaired) electrons. The molecule has 2 aromatic rings. The fraction of sp³-hybridized carbons (Fsp3) is 0.350. The first-order chi connectivity index (χ1) is 13.3. The van der Waals surface area contributed by atoms with Crippen LogP contribution in [0.5, 0.6) is 0 Å². The molecule has 150 valence electrons. The zero-order valence-electron chi connectivity index (χ0n) is 15.6. The van der Waals surface area contributed by atoms with E-state index in [1.54, 1.807) is 24.0 Å². The average molecular weight is 425 g/mol. The SMILES string of the molecule is CCS(=O)(=O)c1ccc(Cl)c(C(=O)N2CCCN(c3ccc(F)cc3)CC2)c1. The summed E-state index contributed by atoms with van der Waals surface area (Å²) in [5.41, 5.74) is 1.11. The lowest BCUT2D eigenvalue weighted by atomic mass is 10.2. The van der Waals surface area contributed by atoms with Crippen LogP contribution in [0.3, 0.4) is 0 Å². The van der Waals surface area contributed by atoms with Gasteiger partial charge in [-0.1, -0.05) is 18.5 Å². The molecular formula is C20H22ClFN2O3S. The summed E-state index contributed by atoms with van der Waals surface area (Å²) in [6.45, 7) is 3.91. The lowest BCUT2D eigenvalue weighted by Gasteiger charge is -2.24. The van der Waals surface area contributed by atoms with Gasteiger partial charge in [0.2, 0.25) is 0 Å². The van der Waals surface area contributed by atoms with Crippen molar-refractivity contribution in [3.05, 3.63) is 58.9 Å². The van der Waals surface area contributed by atoms with E-state index in [0.29, 0.717) is 19.6 Å². The largest absolute Gasteiger partial charge is 0.370 e. The number of amides is 1. The van der Waals surface area contributed by atoms with Crippen LogP contribution in [0.2, 0.25) is 5.02 Å². The van der Waals surface area contributed by atoms with Crippen LogP contribution in [0.4, 0.5) is 10.1 Å². The van der Waals surface area contributed by atoms with Crippen LogP contribution in [-0.2, 0) is 9.84 Å². The quantitative estimate of drug-likeness (QED) is 0.752. The number of rotatable bonds is 4. The molecule has 0 bridgehead atoms. The van der Waals surface area contributed by atoms with Crippen molar-refractivity contribution in [1.82, 2.24) is 4.90 Å². The molecular weight excluding hydrogens is 403 g/mol. The number of carbonyl (C=O) groups is 1. The van der Waals surface area contributed by atoms with Crippen molar-refractivity contribution in [3.8, 4) is 0 Å². The summed E-state index contributed by atoms with van der Waals surface area (Å²) < 4.78 is 37.4. The molecule has 0 aromatic heterocycles. The maximum atomic E-state index is 13.1. The summed E-state index contributed by atoms with van der Waals surface area (Å²) in [7, 11) is -3.43. The third-order valence-electron chi connectivity index (χ3n) is 4.88. The molecule has 8 heteroatoms. The molecule has 0 saturated carbocycles. The maximum absolute atomic E-state index is 13.1. The number of hydrogen-bond donors (Lipinski definition) is 0. The van der Waals surface area contributed by atoms with Crippen molar-refractivity contribution in [3.63, 3.8) is 0 Å². The van der Waals surface area contributed by atoms with Crippen LogP contribution in [0.25, 0.3) is 0 Å². The molecule has 1 aliphatic rings. The Labute approximate surface area is 169 Å². The summed E-state index contributed by atoms with van der Waals surface area (Å²) in [5, 5.41) is 0.236. The highest BCUT2D eigenvalue weighted by atomic mass is 35.5. The van der Waals surface area contributed by atoms with Crippen LogP contribution in [-0.4, -0.2) is 51.2 Å². The van der Waals surface area contributed by atoms with Gasteiger partial charge in [0.25, 0.3) is 5.91 Å². The molecule has 1 fully saturated rings. The number of benzene rings is 2. The minimum Gasteiger partial charge on any atom is -0.370 e. The fourth-order valence-electron chi connectivity index (χ4n) is 3.23. The van der Waals surface area contributed by atoms with Gasteiger partial charge < -0.3 is 9.80 Å². The summed E-state index contributed by atoms with van der Waals surface area (Å²) >= 11 is 6.20. The summed E-state index contributed by atoms with van der Waals surface area (Å²) in [6.07, 6.45) is 0.744. The van der Waals surface area contributed by atoms with Crippen LogP contribution in [0, 0.1) is 5.82 Å². The number of anilines is 1. The molecule has 1 saturated heterocycles. The van der Waals surface area contributed by atoms with Gasteiger partial charge in [-0.25, -0.2) is 12.8 Å². The monoisotopic (exact) mass is 424 g/mol. The predicted octanol–water partition coefficient (Wildman–Crippen LogP) is 3.63. The smallest absolute Gasteiger partial charge is 0.255 e. The molecule has 1 amide bonds. The van der Waals surface area contributed by atoms with Crippen LogP contribution in [0.1, 0.15) is 23.7 Å². The minimum atomic E-state index is -3.43. The van der Waals surface area contributed by atoms with Crippen molar-refractivity contribution < 1.29 is 17.6 Å². The normalized spacial score (nSPS) is 15.4. The van der Waals surface area contributed by atoms with Gasteiger partial charge >= 0.3 is 0 Å². The lowest BCUT2D eigenvalue weighted by Crippen LogP contribution is -2.35. The van der Waals surface area contributed by atoms with Crippen molar-refractivity contribution in [2.45, 2.75) is 18.2 Å². The molecule has 0 spiro atoms. The number of nitrogens with zero attached hydrogens (tertiary/aromatic N) is 2. The number of carbonyl (C=O) groups excluding carboxylic acids is 1. The molecule has 0 atom stereocenters. The predicted molar refractivity (Wildman–Crippen MR) is 108 cm³/mol. The molecule has 28 heavy (non-hydrogen) atoms. The molecule has 5 nitrogen and oxygen atoms in total. The first-order valence-corrected chi connectivity index (χ1v) is 11.2. The van der Waals surface area contributed by atoms with Gasteiger partial charge in [-0.3, -0.25) is 4.79 Å². The van der Waals surface area contributed by atoms with E-state index in [2.05, 4.69) is 4.90 Å². The van der Waals surface area contributed by atoms with Gasteiger partial charge in [0.05, 0.1) is 21.2 Å². The van der Waals surface area contributed by atoms with E-state index < -0.39 is 9.84 Å². The van der Waals surface area contributed by atoms with E-state index in [1.807, 2.05) is 0 Å². The Bertz CT molecular complexity index is 964. The van der Waals surface area contributed by atoms with Crippen LogP contribution < -0.4 is 4.90 Å². The molecule has 1 heterocycles. The molecule has 3 rings (SSSR count). The Kier molecular flexibility index (Phi) is 6.25. The highest BCUT2D eigenvalue weighted by molar-refractivity contribution is 7.91. The highest BCUT2D eigenvalue weighted by Crippen LogP contribution is 2.24. The van der Waals surface area contributed by atoms with Crippen molar-refractivity contribution in [1.29, 1.82) is 0 Å². The van der Waals surface area contributed by atoms with Crippen molar-refractivity contribution >= 4 is 33.0 Å². The number of sulfone groups is 1. The highest BCUT2D eigenvalue weighted by Gasteiger charge is 2.24. The van der Waals surface area contributed by atoms with Gasteiger partial charge in [0.1, 0.15) is 5.82 Å². The second kappa shape index (κ2) is 8.49. The average Bonchev–Trinajstić information content (AvgIpc) is 2.94. The summed E-state index contributed by atoms with van der Waals surface area (Å²) in [5.74, 6) is -0.607. The topological polar surface area (TPSA) is 57.7 Å². The molecule has 0 unspecified atom stereocenters. The summed E-state index contributed by atoms with van der Waals surface area (Å²) in [4.78, 5) is 16.9. The Hall–Kier alpha value is -2.12. The van der Waals surface area contributed by atoms with Crippen LogP contribution >= 0.6 is 11.6 Å². The Morgan fingerprint density at radius 2 is 1.79 bits per heavy atom. The molecule has 2 aromatic carbocycles. The Morgan fingerprint density at radius 1 is 1.07 bits per heavy atom. The van der Waals surface area contributed by atoms with Gasteiger partial charge in [-0.05, 0) is 48.9 Å². The third kappa shape index (κ3) is 4.47. The van der Waals surface area contributed by atoms with Gasteiger partial charge in [-0.2, -0.15) is 0 Å². The number of hydrogen-bond acceptors (Lipinski definition) is 4. The van der Waals surface area contributed by atoms with Crippen molar-refractivity contribution in [2.75, 3.05) is 36.8 Å². The third-order valence-corrected chi connectivity index (χ3v) is 6.94. The molecule has 0 N–H and O–H groups in total. The first-order valence-electron chi connectivity index (χ1n) is 9.14. The first kappa shape index (κ1) is 20.6. The lowest BCUT2D eigenvalue weighted by molar-refractivity contribution is 0.0767. The minimum absolute atomic E-state index is 0.0430. The number of halogens is 2. The Balaban J connectivity index is 1.78. The fourth-order valence-corrected chi connectivity index (χ4v) is 4.33. The Morgan fingerprint density at radius 3 is 2.46 bits per heavy atom. The standard InChI is InChI=1S/C20H22ClFN2O3S/c1-2-28(26,27)17-8-9-19(21)18(14-17)20(25)24-11-3-10-23(12-13-24)16-6-4-15(22)5-7-16/h4-9,14H,2-3,10-13H2,1H3. The second-order valence-electron chi connectivity index (χ2n) is 6.65. The zero-order chi connectivity index (χ0) is 20.3. The van der Waals surface area contributed by atoms with Gasteiger partial charge in [-0.15, -0.1) is 0 Å². The van der Waals surface area contributed by atoms with Crippen molar-refractivity contribution in [2.24, 2.45) is 0 Å². The second-order valence-corrected chi connectivity index (χ2v) is 9.34. The zero-order valence-corrected chi connectivity index (χ0v) is 17.1. The van der Waals surface area contributed by atoms with Gasteiger partial charge in [0, 0.05) is 31.9 Å². The molecule has 0 aliphatic carbocycles. The van der Waals surface area contributed by atoms with E-state index in [4.69, 9.17) is 11.6 Å². The van der Waals surface area contributed by atoms with E-state index >= 15 is 0 Å². The van der Waals surface area contributed by atoms with Crippen LogP contribution in [0.15, 0.2) is 47.4 Å². The molecule has 1 aliphatic heterocycles. The van der Waals surface area contributed by atoms with Gasteiger partial charge in [0.15, 0.2) is 9.84 Å². The summed E-state index contributed by atoms with van der Waals surface area (Å²) in [6, 6.07) is 10.5. The maximum Gasteiger partial charge on any atom is 0.255 e.